The maximum atomic E-state index is 13.1. The second-order valence-electron chi connectivity index (χ2n) is 7.25. The molecule has 0 heterocycles. The van der Waals surface area contributed by atoms with E-state index in [2.05, 4.69) is 15.9 Å². The predicted molar refractivity (Wildman–Crippen MR) is 104 cm³/mol. The Hall–Kier alpha value is -1.71. The van der Waals surface area contributed by atoms with E-state index in [1.165, 1.54) is 24.3 Å². The Morgan fingerprint density at radius 1 is 1.21 bits per heavy atom. The number of carbonyl (C=O) groups is 1. The first-order valence-corrected chi connectivity index (χ1v) is 11.1. The van der Waals surface area contributed by atoms with Crippen LogP contribution in [0.25, 0.3) is 0 Å². The fraction of sp³-hybridized carbons (Fsp3) is 0.350. The Labute approximate surface area is 175 Å². The molecule has 2 aromatic carbocycles. The molecule has 1 fully saturated rings. The van der Waals surface area contributed by atoms with Gasteiger partial charge in [-0.15, -0.1) is 0 Å². The summed E-state index contributed by atoms with van der Waals surface area (Å²) in [5.41, 5.74) is 0.159. The molecule has 1 N–H and O–H groups in total. The molecule has 0 radical (unpaired) electrons. The van der Waals surface area contributed by atoms with Gasteiger partial charge in [0.2, 0.25) is 0 Å². The third kappa shape index (κ3) is 5.07. The van der Waals surface area contributed by atoms with E-state index in [-0.39, 0.29) is 29.2 Å². The number of alkyl halides is 3. The Balaban J connectivity index is 2.12. The molecule has 0 amide bonds. The van der Waals surface area contributed by atoms with Crippen molar-refractivity contribution >= 4 is 31.8 Å². The average molecular weight is 491 g/mol. The maximum Gasteiger partial charge on any atom is 0.416 e. The molecule has 3 rings (SSSR count). The van der Waals surface area contributed by atoms with E-state index < -0.39 is 32.7 Å². The molecule has 1 saturated carbocycles. The zero-order valence-corrected chi connectivity index (χ0v) is 17.7. The predicted octanol–water partition coefficient (Wildman–Crippen LogP) is 5.33. The van der Waals surface area contributed by atoms with Crippen molar-refractivity contribution in [3.05, 3.63) is 63.1 Å². The first-order valence-electron chi connectivity index (χ1n) is 8.85. The summed E-state index contributed by atoms with van der Waals surface area (Å²) in [7, 11) is -4.61. The van der Waals surface area contributed by atoms with Crippen LogP contribution in [-0.2, 0) is 27.5 Å². The number of rotatable bonds is 6. The highest BCUT2D eigenvalue weighted by Crippen LogP contribution is 2.40. The Kier molecular flexibility index (Phi) is 5.95. The SMILES string of the molecule is Cc1ccc(S(=O)(=O)O)c(C(Cc2cc(C(F)(F)F)ccc2Br)C(=O)C2CC2)c1. The summed E-state index contributed by atoms with van der Waals surface area (Å²) in [4.78, 5) is 12.6. The number of hydrogen-bond donors (Lipinski definition) is 1. The van der Waals surface area contributed by atoms with Crippen LogP contribution in [0.1, 0.15) is 41.0 Å². The molecule has 9 heteroatoms. The number of carbonyl (C=O) groups excluding carboxylic acids is 1. The van der Waals surface area contributed by atoms with E-state index in [0.717, 1.165) is 12.1 Å². The molecule has 29 heavy (non-hydrogen) atoms. The van der Waals surface area contributed by atoms with Gasteiger partial charge in [0.05, 0.1) is 10.5 Å². The number of aryl methyl sites for hydroxylation is 1. The molecular formula is C20H18BrF3O4S. The van der Waals surface area contributed by atoms with Gasteiger partial charge in [0.25, 0.3) is 10.1 Å². The normalized spacial score (nSPS) is 15.9. The molecule has 4 nitrogen and oxygen atoms in total. The van der Waals surface area contributed by atoms with Crippen LogP contribution in [0.2, 0.25) is 0 Å². The van der Waals surface area contributed by atoms with Gasteiger partial charge in [-0.25, -0.2) is 0 Å². The van der Waals surface area contributed by atoms with Crippen LogP contribution in [-0.4, -0.2) is 18.8 Å². The molecule has 2 aromatic rings. The highest BCUT2D eigenvalue weighted by molar-refractivity contribution is 9.10. The molecule has 0 bridgehead atoms. The van der Waals surface area contributed by atoms with Gasteiger partial charge < -0.3 is 0 Å². The van der Waals surface area contributed by atoms with Gasteiger partial charge in [-0.05, 0) is 61.6 Å². The average Bonchev–Trinajstić information content (AvgIpc) is 3.43. The largest absolute Gasteiger partial charge is 0.416 e. The standard InChI is InChI=1S/C20H18BrF3O4S/c1-11-2-7-18(29(26,27)28)15(8-11)16(19(25)12-3-4-12)10-13-9-14(20(22,23)24)5-6-17(13)21/h2,5-9,12,16H,3-4,10H2,1H3,(H,26,27,28). The van der Waals surface area contributed by atoms with Gasteiger partial charge >= 0.3 is 6.18 Å². The van der Waals surface area contributed by atoms with Gasteiger partial charge in [0, 0.05) is 16.3 Å². The minimum Gasteiger partial charge on any atom is -0.299 e. The first-order chi connectivity index (χ1) is 13.4. The lowest BCUT2D eigenvalue weighted by Gasteiger charge is -2.21. The summed E-state index contributed by atoms with van der Waals surface area (Å²) >= 11 is 3.23. The van der Waals surface area contributed by atoms with E-state index in [9.17, 15) is 30.9 Å². The topological polar surface area (TPSA) is 71.4 Å². The van der Waals surface area contributed by atoms with Crippen LogP contribution in [0.3, 0.4) is 0 Å². The third-order valence-corrected chi connectivity index (χ3v) is 6.64. The summed E-state index contributed by atoms with van der Waals surface area (Å²) in [5, 5.41) is 0. The molecule has 1 unspecified atom stereocenters. The Bertz CT molecular complexity index is 1060. The first kappa shape index (κ1) is 22.0. The minimum absolute atomic E-state index is 0.105. The lowest BCUT2D eigenvalue weighted by atomic mass is 9.85. The summed E-state index contributed by atoms with van der Waals surface area (Å²) in [6.07, 6.45) is -3.35. The number of benzene rings is 2. The van der Waals surface area contributed by atoms with E-state index >= 15 is 0 Å². The van der Waals surface area contributed by atoms with Gasteiger partial charge in [0.15, 0.2) is 0 Å². The van der Waals surface area contributed by atoms with Gasteiger partial charge in [-0.1, -0.05) is 33.6 Å². The summed E-state index contributed by atoms with van der Waals surface area (Å²) in [5.74, 6) is -1.47. The van der Waals surface area contributed by atoms with Crippen LogP contribution < -0.4 is 0 Å². The minimum atomic E-state index is -4.61. The summed E-state index contributed by atoms with van der Waals surface area (Å²) < 4.78 is 73.2. The van der Waals surface area contributed by atoms with Crippen LogP contribution in [0.4, 0.5) is 13.2 Å². The van der Waals surface area contributed by atoms with Crippen molar-refractivity contribution in [2.24, 2.45) is 5.92 Å². The molecule has 0 saturated heterocycles. The number of ketones is 1. The highest BCUT2D eigenvalue weighted by Gasteiger charge is 2.38. The smallest absolute Gasteiger partial charge is 0.299 e. The number of hydrogen-bond acceptors (Lipinski definition) is 3. The van der Waals surface area contributed by atoms with Crippen molar-refractivity contribution in [1.82, 2.24) is 0 Å². The number of Topliss-reactive ketones (excluding diaryl/α,β-unsaturated/α-hetero) is 1. The molecule has 1 aliphatic carbocycles. The van der Waals surface area contributed by atoms with Crippen molar-refractivity contribution in [3.63, 3.8) is 0 Å². The van der Waals surface area contributed by atoms with Gasteiger partial charge in [0.1, 0.15) is 5.78 Å². The van der Waals surface area contributed by atoms with Gasteiger partial charge in [-0.3, -0.25) is 9.35 Å². The third-order valence-electron chi connectivity index (χ3n) is 4.94. The molecule has 0 aliphatic heterocycles. The molecule has 0 aromatic heterocycles. The maximum absolute atomic E-state index is 13.1. The molecule has 1 aliphatic rings. The molecule has 1 atom stereocenters. The highest BCUT2D eigenvalue weighted by atomic mass is 79.9. The van der Waals surface area contributed by atoms with E-state index in [1.54, 1.807) is 6.92 Å². The lowest BCUT2D eigenvalue weighted by molar-refractivity contribution is -0.137. The van der Waals surface area contributed by atoms with Crippen molar-refractivity contribution in [2.45, 2.75) is 43.2 Å². The molecule has 0 spiro atoms. The molecular weight excluding hydrogens is 473 g/mol. The van der Waals surface area contributed by atoms with Crippen molar-refractivity contribution < 1.29 is 30.9 Å². The monoisotopic (exact) mass is 490 g/mol. The fourth-order valence-electron chi connectivity index (χ4n) is 3.32. The number of halogens is 4. The van der Waals surface area contributed by atoms with Crippen molar-refractivity contribution in [2.75, 3.05) is 0 Å². The van der Waals surface area contributed by atoms with Crippen LogP contribution in [0, 0.1) is 12.8 Å². The van der Waals surface area contributed by atoms with Crippen LogP contribution >= 0.6 is 15.9 Å². The summed E-state index contributed by atoms with van der Waals surface area (Å²) in [6, 6.07) is 7.36. The lowest BCUT2D eigenvalue weighted by Crippen LogP contribution is -2.20. The van der Waals surface area contributed by atoms with Gasteiger partial charge in [-0.2, -0.15) is 21.6 Å². The summed E-state index contributed by atoms with van der Waals surface area (Å²) in [6.45, 7) is 1.70. The van der Waals surface area contributed by atoms with Crippen molar-refractivity contribution in [3.8, 4) is 0 Å². The van der Waals surface area contributed by atoms with Crippen LogP contribution in [0.5, 0.6) is 0 Å². The fourth-order valence-corrected chi connectivity index (χ4v) is 4.47. The zero-order valence-electron chi connectivity index (χ0n) is 15.3. The second kappa shape index (κ2) is 7.85. The quantitative estimate of drug-likeness (QED) is 0.555. The van der Waals surface area contributed by atoms with E-state index in [1.807, 2.05) is 0 Å². The Morgan fingerprint density at radius 2 is 1.86 bits per heavy atom. The molecule has 156 valence electrons. The van der Waals surface area contributed by atoms with E-state index in [0.29, 0.717) is 22.9 Å². The van der Waals surface area contributed by atoms with Crippen molar-refractivity contribution in [1.29, 1.82) is 0 Å². The van der Waals surface area contributed by atoms with Crippen LogP contribution in [0.15, 0.2) is 45.8 Å². The second-order valence-corrected chi connectivity index (χ2v) is 9.50. The van der Waals surface area contributed by atoms with E-state index in [4.69, 9.17) is 0 Å². The Morgan fingerprint density at radius 3 is 2.41 bits per heavy atom. The zero-order chi connectivity index (χ0) is 21.6.